The van der Waals surface area contributed by atoms with Crippen LogP contribution in [0.15, 0.2) is 29.5 Å². The summed E-state index contributed by atoms with van der Waals surface area (Å²) in [5, 5.41) is 6.14. The molecule has 0 saturated carbocycles. The second-order valence-electron chi connectivity index (χ2n) is 4.94. The van der Waals surface area contributed by atoms with Crippen molar-refractivity contribution in [1.82, 2.24) is 15.5 Å². The number of allylic oxidation sites excluding steroid dienone is 1. The van der Waals surface area contributed by atoms with Crippen LogP contribution in [0.2, 0.25) is 10.0 Å². The highest BCUT2D eigenvalue weighted by Crippen LogP contribution is 2.31. The Bertz CT molecular complexity index is 641. The fourth-order valence-electron chi connectivity index (χ4n) is 2.16. The lowest BCUT2D eigenvalue weighted by molar-refractivity contribution is -0.125. The summed E-state index contributed by atoms with van der Waals surface area (Å²) in [7, 11) is 3.32. The van der Waals surface area contributed by atoms with E-state index in [1.165, 1.54) is 4.90 Å². The van der Waals surface area contributed by atoms with Crippen molar-refractivity contribution in [3.63, 3.8) is 0 Å². The second-order valence-corrected chi connectivity index (χ2v) is 5.76. The van der Waals surface area contributed by atoms with Gasteiger partial charge in [-0.05, 0) is 24.6 Å². The van der Waals surface area contributed by atoms with Crippen molar-refractivity contribution in [3.05, 3.63) is 45.1 Å². The van der Waals surface area contributed by atoms with Crippen LogP contribution in [0.25, 0.3) is 0 Å². The summed E-state index contributed by atoms with van der Waals surface area (Å²) in [6.07, 6.45) is 0. The molecule has 5 nitrogen and oxygen atoms in total. The van der Waals surface area contributed by atoms with Gasteiger partial charge in [-0.1, -0.05) is 29.3 Å². The summed E-state index contributed by atoms with van der Waals surface area (Å²) in [5.41, 5.74) is 1.69. The Labute approximate surface area is 132 Å². The topological polar surface area (TPSA) is 61.4 Å². The lowest BCUT2D eigenvalue weighted by atomic mass is 9.94. The molecule has 1 heterocycles. The Kier molecular flexibility index (Phi) is 4.44. The Hall–Kier alpha value is -1.72. The quantitative estimate of drug-likeness (QED) is 0.877. The predicted octanol–water partition coefficient (Wildman–Crippen LogP) is 2.71. The van der Waals surface area contributed by atoms with Gasteiger partial charge < -0.3 is 15.5 Å². The largest absolute Gasteiger partial charge is 0.345 e. The van der Waals surface area contributed by atoms with Gasteiger partial charge >= 0.3 is 6.03 Å². The Morgan fingerprint density at radius 2 is 1.90 bits per heavy atom. The van der Waals surface area contributed by atoms with Crippen molar-refractivity contribution in [1.29, 1.82) is 0 Å². The zero-order valence-corrected chi connectivity index (χ0v) is 13.3. The first kappa shape index (κ1) is 15.7. The average molecular weight is 328 g/mol. The van der Waals surface area contributed by atoms with Crippen molar-refractivity contribution in [2.45, 2.75) is 13.0 Å². The first-order valence-corrected chi connectivity index (χ1v) is 7.01. The summed E-state index contributed by atoms with van der Waals surface area (Å²) in [4.78, 5) is 25.5. The standard InChI is InChI=1S/C14H15Cl2N3O2/c1-7-11(13(20)19(2)3)12(18-14(21)17-7)8-4-5-9(15)10(16)6-8/h4-6,12H,1-3H3,(H2,17,18,21)/t12-/m0/s1. The third-order valence-corrected chi connectivity index (χ3v) is 3.92. The molecule has 1 aromatic carbocycles. The average Bonchev–Trinajstić information content (AvgIpc) is 2.40. The molecule has 0 unspecified atom stereocenters. The number of benzene rings is 1. The molecule has 0 bridgehead atoms. The maximum atomic E-state index is 12.4. The number of rotatable bonds is 2. The molecule has 2 N–H and O–H groups in total. The SMILES string of the molecule is CC1=C(C(=O)N(C)C)[C@H](c2ccc(Cl)c(Cl)c2)NC(=O)N1. The third kappa shape index (κ3) is 3.14. The van der Waals surface area contributed by atoms with Crippen LogP contribution < -0.4 is 10.6 Å². The van der Waals surface area contributed by atoms with Gasteiger partial charge in [-0.3, -0.25) is 4.79 Å². The van der Waals surface area contributed by atoms with Gasteiger partial charge in [-0.15, -0.1) is 0 Å². The number of hydrogen-bond acceptors (Lipinski definition) is 2. The van der Waals surface area contributed by atoms with Crippen LogP contribution in [-0.2, 0) is 4.79 Å². The van der Waals surface area contributed by atoms with E-state index >= 15 is 0 Å². The van der Waals surface area contributed by atoms with Crippen LogP contribution in [0.4, 0.5) is 4.79 Å². The number of urea groups is 1. The van der Waals surface area contributed by atoms with Gasteiger partial charge in [0, 0.05) is 19.8 Å². The van der Waals surface area contributed by atoms with Gasteiger partial charge in [0.05, 0.1) is 21.7 Å². The lowest BCUT2D eigenvalue weighted by Gasteiger charge is -2.30. The number of amides is 3. The molecule has 0 radical (unpaired) electrons. The van der Waals surface area contributed by atoms with Crippen LogP contribution in [0.1, 0.15) is 18.5 Å². The van der Waals surface area contributed by atoms with Crippen LogP contribution in [0.5, 0.6) is 0 Å². The molecular weight excluding hydrogens is 313 g/mol. The number of likely N-dealkylation sites (N-methyl/N-ethyl adjacent to an activating group) is 1. The highest BCUT2D eigenvalue weighted by molar-refractivity contribution is 6.42. The summed E-state index contributed by atoms with van der Waals surface area (Å²) in [6, 6.07) is 4.10. The maximum Gasteiger partial charge on any atom is 0.319 e. The fraction of sp³-hybridized carbons (Fsp3) is 0.286. The Balaban J connectivity index is 2.52. The van der Waals surface area contributed by atoms with E-state index in [4.69, 9.17) is 23.2 Å². The molecular formula is C14H15Cl2N3O2. The Morgan fingerprint density at radius 1 is 1.24 bits per heavy atom. The minimum absolute atomic E-state index is 0.184. The summed E-state index contributed by atoms with van der Waals surface area (Å²) in [6.45, 7) is 1.69. The van der Waals surface area contributed by atoms with Crippen molar-refractivity contribution >= 4 is 35.1 Å². The molecule has 1 aromatic rings. The molecule has 0 saturated heterocycles. The zero-order valence-electron chi connectivity index (χ0n) is 11.8. The van der Waals surface area contributed by atoms with Gasteiger partial charge in [-0.2, -0.15) is 0 Å². The second kappa shape index (κ2) is 5.95. The van der Waals surface area contributed by atoms with Crippen molar-refractivity contribution in [3.8, 4) is 0 Å². The van der Waals surface area contributed by atoms with Crippen molar-refractivity contribution < 1.29 is 9.59 Å². The summed E-state index contributed by atoms with van der Waals surface area (Å²) >= 11 is 11.9. The first-order chi connectivity index (χ1) is 9.81. The first-order valence-electron chi connectivity index (χ1n) is 6.26. The smallest absolute Gasteiger partial charge is 0.319 e. The molecule has 0 fully saturated rings. The van der Waals surface area contributed by atoms with Crippen LogP contribution >= 0.6 is 23.2 Å². The van der Waals surface area contributed by atoms with E-state index in [0.29, 0.717) is 26.9 Å². The predicted molar refractivity (Wildman–Crippen MR) is 82.3 cm³/mol. The molecule has 2 rings (SSSR count). The number of carbonyl (C=O) groups excluding carboxylic acids is 2. The van der Waals surface area contributed by atoms with E-state index in [2.05, 4.69) is 10.6 Å². The van der Waals surface area contributed by atoms with Crippen LogP contribution in [0, 0.1) is 0 Å². The van der Waals surface area contributed by atoms with Crippen molar-refractivity contribution in [2.75, 3.05) is 14.1 Å². The normalized spacial score (nSPS) is 18.1. The highest BCUT2D eigenvalue weighted by atomic mass is 35.5. The van der Waals surface area contributed by atoms with E-state index in [-0.39, 0.29) is 11.9 Å². The van der Waals surface area contributed by atoms with Gasteiger partial charge in [0.15, 0.2) is 0 Å². The molecule has 7 heteroatoms. The monoisotopic (exact) mass is 327 g/mol. The number of nitrogens with zero attached hydrogens (tertiary/aromatic N) is 1. The number of hydrogen-bond donors (Lipinski definition) is 2. The van der Waals surface area contributed by atoms with Gasteiger partial charge in [-0.25, -0.2) is 4.79 Å². The zero-order chi connectivity index (χ0) is 15.7. The van der Waals surface area contributed by atoms with E-state index in [0.717, 1.165) is 0 Å². The minimum Gasteiger partial charge on any atom is -0.345 e. The van der Waals surface area contributed by atoms with E-state index in [1.54, 1.807) is 39.2 Å². The molecule has 1 aliphatic heterocycles. The number of halogens is 2. The molecule has 21 heavy (non-hydrogen) atoms. The van der Waals surface area contributed by atoms with Gasteiger partial charge in [0.25, 0.3) is 5.91 Å². The van der Waals surface area contributed by atoms with Crippen molar-refractivity contribution in [2.24, 2.45) is 0 Å². The van der Waals surface area contributed by atoms with Crippen LogP contribution in [0.3, 0.4) is 0 Å². The van der Waals surface area contributed by atoms with Gasteiger partial charge in [0.1, 0.15) is 0 Å². The van der Waals surface area contributed by atoms with Crippen LogP contribution in [-0.4, -0.2) is 30.9 Å². The Morgan fingerprint density at radius 3 is 2.48 bits per heavy atom. The molecule has 3 amide bonds. The minimum atomic E-state index is -0.566. The maximum absolute atomic E-state index is 12.4. The number of nitrogens with one attached hydrogen (secondary N) is 2. The molecule has 1 atom stereocenters. The lowest BCUT2D eigenvalue weighted by Crippen LogP contribution is -2.46. The molecule has 1 aliphatic rings. The molecule has 0 aliphatic carbocycles. The highest BCUT2D eigenvalue weighted by Gasteiger charge is 2.32. The molecule has 112 valence electrons. The summed E-state index contributed by atoms with van der Waals surface area (Å²) in [5.74, 6) is -0.184. The molecule has 0 aromatic heterocycles. The van der Waals surface area contributed by atoms with E-state index < -0.39 is 6.04 Å². The summed E-state index contributed by atoms with van der Waals surface area (Å²) < 4.78 is 0. The molecule has 0 spiro atoms. The van der Waals surface area contributed by atoms with E-state index in [1.807, 2.05) is 0 Å². The third-order valence-electron chi connectivity index (χ3n) is 3.18. The van der Waals surface area contributed by atoms with E-state index in [9.17, 15) is 9.59 Å². The number of carbonyl (C=O) groups is 2. The fourth-order valence-corrected chi connectivity index (χ4v) is 2.47. The van der Waals surface area contributed by atoms with Gasteiger partial charge in [0.2, 0.25) is 0 Å².